The summed E-state index contributed by atoms with van der Waals surface area (Å²) in [6.07, 6.45) is -7.80. The number of hydrogen-bond donors (Lipinski definition) is 7. The van der Waals surface area contributed by atoms with E-state index in [-0.39, 0.29) is 52.1 Å². The molecule has 348 valence electrons. The van der Waals surface area contributed by atoms with Crippen LogP contribution in [-0.2, 0) is 42.7 Å². The topological polar surface area (TPSA) is 240 Å². The monoisotopic (exact) mass is 868 g/mol. The van der Waals surface area contributed by atoms with E-state index in [9.17, 15) is 45.3 Å². The van der Waals surface area contributed by atoms with Crippen LogP contribution in [-0.4, -0.2) is 152 Å². The maximum Gasteiger partial charge on any atom is 0.303 e. The van der Waals surface area contributed by atoms with Crippen molar-refractivity contribution < 1.29 is 78.5 Å². The second-order valence-electron chi connectivity index (χ2n) is 22.2. The molecule has 61 heavy (non-hydrogen) atoms. The van der Waals surface area contributed by atoms with Crippen molar-refractivity contribution in [2.45, 2.75) is 211 Å². The molecule has 16 nitrogen and oxygen atoms in total. The van der Waals surface area contributed by atoms with Gasteiger partial charge in [-0.3, -0.25) is 9.59 Å². The van der Waals surface area contributed by atoms with E-state index in [1.54, 1.807) is 13.8 Å². The standard InChI is InChI=1S/C45H72O16/c1-21(47)56-33-24(50)19-55-38(34(33)57-22(2)48)60-28-11-13-45-20-44(45)15-14-41(7)35(43(9)12-10-29(61-43)40(5,6)54)23(49)17-42(41,8)27(44)16-25(36(45)39(28,3)4)58-37-32(53)31(52)30(51)26(18-46)59-37/h23-38,46,49-54H,10-20H2,1-9H3/t23-,24+,25-,26-,27-,28-,29+,30-,31+,32-,33-,34+,35-,36+,37-,38-,41+,42-,43+,44-,45+/m0/s1. The van der Waals surface area contributed by atoms with E-state index < -0.39 is 109 Å². The third kappa shape index (κ3) is 6.89. The lowest BCUT2D eigenvalue weighted by Gasteiger charge is -2.65. The second-order valence-corrected chi connectivity index (χ2v) is 22.2. The molecule has 5 aliphatic carbocycles. The number of aliphatic hydroxyl groups excluding tert-OH is 6. The number of ether oxygens (including phenoxy) is 7. The molecule has 0 radical (unpaired) electrons. The summed E-state index contributed by atoms with van der Waals surface area (Å²) >= 11 is 0. The van der Waals surface area contributed by atoms with Crippen LogP contribution in [0.15, 0.2) is 0 Å². The first-order chi connectivity index (χ1) is 28.3. The number of carbonyl (C=O) groups is 2. The summed E-state index contributed by atoms with van der Waals surface area (Å²) in [6.45, 7) is 16.1. The highest BCUT2D eigenvalue weighted by atomic mass is 16.7. The van der Waals surface area contributed by atoms with Crippen molar-refractivity contribution >= 4 is 11.9 Å². The molecular weight excluding hydrogens is 796 g/mol. The zero-order chi connectivity index (χ0) is 44.6. The van der Waals surface area contributed by atoms with E-state index in [1.165, 1.54) is 13.8 Å². The predicted octanol–water partition coefficient (Wildman–Crippen LogP) is 1.87. The van der Waals surface area contributed by atoms with Crippen LogP contribution in [0.3, 0.4) is 0 Å². The Morgan fingerprint density at radius 2 is 1.43 bits per heavy atom. The Hall–Kier alpha value is -1.54. The van der Waals surface area contributed by atoms with Crippen LogP contribution in [0.25, 0.3) is 0 Å². The summed E-state index contributed by atoms with van der Waals surface area (Å²) < 4.78 is 43.6. The lowest BCUT2D eigenvalue weighted by Crippen LogP contribution is -2.65. The molecule has 0 aromatic heterocycles. The summed E-state index contributed by atoms with van der Waals surface area (Å²) in [4.78, 5) is 24.5. The molecule has 8 rings (SSSR count). The number of esters is 2. The molecule has 0 amide bonds. The van der Waals surface area contributed by atoms with Crippen molar-refractivity contribution in [2.75, 3.05) is 13.2 Å². The molecule has 0 bridgehead atoms. The van der Waals surface area contributed by atoms with Crippen LogP contribution in [0.5, 0.6) is 0 Å². The third-order valence-electron chi connectivity index (χ3n) is 18.2. The number of carbonyl (C=O) groups excluding carboxylic acids is 2. The first kappa shape index (κ1) is 46.0. The third-order valence-corrected chi connectivity index (χ3v) is 18.2. The molecule has 8 fully saturated rings. The Bertz CT molecular complexity index is 1680. The minimum atomic E-state index is -1.63. The molecule has 3 heterocycles. The first-order valence-corrected chi connectivity index (χ1v) is 22.6. The Kier molecular flexibility index (Phi) is 11.5. The second kappa shape index (κ2) is 15.3. The van der Waals surface area contributed by atoms with Gasteiger partial charge >= 0.3 is 11.9 Å². The first-order valence-electron chi connectivity index (χ1n) is 22.6. The molecule has 3 aliphatic heterocycles. The van der Waals surface area contributed by atoms with Crippen molar-refractivity contribution in [2.24, 2.45) is 44.8 Å². The van der Waals surface area contributed by atoms with E-state index in [0.29, 0.717) is 25.7 Å². The summed E-state index contributed by atoms with van der Waals surface area (Å²) in [5, 5.41) is 77.1. The molecule has 8 aliphatic rings. The summed E-state index contributed by atoms with van der Waals surface area (Å²) in [5.41, 5.74) is -3.46. The average Bonchev–Trinajstić information content (AvgIpc) is 3.52. The van der Waals surface area contributed by atoms with Crippen molar-refractivity contribution in [3.63, 3.8) is 0 Å². The Balaban J connectivity index is 1.15. The van der Waals surface area contributed by atoms with Crippen LogP contribution in [0.2, 0.25) is 0 Å². The van der Waals surface area contributed by atoms with Gasteiger partial charge in [0.15, 0.2) is 24.8 Å². The number of fused-ring (bicyclic) bond motifs is 2. The van der Waals surface area contributed by atoms with E-state index in [1.807, 2.05) is 0 Å². The SMILES string of the molecule is CC(=O)O[C@@H]1[C@@H](OC(C)=O)[C@H](O[C@H]2CC[C@]34C[C@]35CC[C@]3(C)[C@@H]([C@@]6(C)CC[C@H](C(C)(C)O)O6)[C@@H](O)C[C@@]3(C)[C@@H]5C[C@H](O[C@H]3O[C@@H](CO)[C@H](O)[C@@H](O)[C@@H]3O)[C@@H]4C2(C)C)OC[C@H]1O. The minimum absolute atomic E-state index is 0.0638. The van der Waals surface area contributed by atoms with Gasteiger partial charge < -0.3 is 68.9 Å². The summed E-state index contributed by atoms with van der Waals surface area (Å²) in [6, 6.07) is 0. The van der Waals surface area contributed by atoms with Gasteiger partial charge in [0.1, 0.15) is 30.5 Å². The van der Waals surface area contributed by atoms with Crippen LogP contribution in [0, 0.1) is 44.8 Å². The normalized spacial score (nSPS) is 53.8. The van der Waals surface area contributed by atoms with Crippen LogP contribution < -0.4 is 0 Å². The van der Waals surface area contributed by atoms with Crippen LogP contribution >= 0.6 is 0 Å². The van der Waals surface area contributed by atoms with Gasteiger partial charge in [0.05, 0.1) is 48.8 Å². The molecule has 0 unspecified atom stereocenters. The fourth-order valence-corrected chi connectivity index (χ4v) is 15.5. The van der Waals surface area contributed by atoms with Gasteiger partial charge in [-0.1, -0.05) is 27.7 Å². The van der Waals surface area contributed by atoms with Crippen molar-refractivity contribution in [3.05, 3.63) is 0 Å². The van der Waals surface area contributed by atoms with Crippen molar-refractivity contribution in [3.8, 4) is 0 Å². The zero-order valence-corrected chi connectivity index (χ0v) is 37.3. The largest absolute Gasteiger partial charge is 0.455 e. The van der Waals surface area contributed by atoms with Crippen LogP contribution in [0.1, 0.15) is 120 Å². The molecule has 7 N–H and O–H groups in total. The molecule has 5 saturated carbocycles. The molecule has 16 heteroatoms. The minimum Gasteiger partial charge on any atom is -0.455 e. The molecule has 0 aromatic rings. The summed E-state index contributed by atoms with van der Waals surface area (Å²) in [7, 11) is 0. The van der Waals surface area contributed by atoms with Crippen molar-refractivity contribution in [1.29, 1.82) is 0 Å². The Morgan fingerprint density at radius 1 is 0.754 bits per heavy atom. The van der Waals surface area contributed by atoms with E-state index >= 15 is 0 Å². The maximum atomic E-state index is 12.4. The van der Waals surface area contributed by atoms with Gasteiger partial charge in [-0.2, -0.15) is 0 Å². The van der Waals surface area contributed by atoms with Gasteiger partial charge in [-0.15, -0.1) is 0 Å². The zero-order valence-electron chi connectivity index (χ0n) is 37.3. The number of hydrogen-bond acceptors (Lipinski definition) is 16. The highest BCUT2D eigenvalue weighted by Gasteiger charge is 2.85. The van der Waals surface area contributed by atoms with Gasteiger partial charge in [-0.05, 0) is 117 Å². The molecular formula is C45H72O16. The van der Waals surface area contributed by atoms with Gasteiger partial charge in [0.25, 0.3) is 0 Å². The van der Waals surface area contributed by atoms with Gasteiger partial charge in [-0.25, -0.2) is 0 Å². The van der Waals surface area contributed by atoms with Gasteiger partial charge in [0.2, 0.25) is 0 Å². The van der Waals surface area contributed by atoms with Crippen molar-refractivity contribution in [1.82, 2.24) is 0 Å². The number of rotatable bonds is 9. The van der Waals surface area contributed by atoms with E-state index in [4.69, 9.17) is 33.2 Å². The summed E-state index contributed by atoms with van der Waals surface area (Å²) in [5.74, 6) is -1.67. The van der Waals surface area contributed by atoms with Gasteiger partial charge in [0, 0.05) is 19.8 Å². The molecule has 3 saturated heterocycles. The highest BCUT2D eigenvalue weighted by molar-refractivity contribution is 5.67. The quantitative estimate of drug-likeness (QED) is 0.129. The Morgan fingerprint density at radius 3 is 2.05 bits per heavy atom. The average molecular weight is 869 g/mol. The smallest absolute Gasteiger partial charge is 0.303 e. The predicted molar refractivity (Wildman–Crippen MR) is 213 cm³/mol. The maximum absolute atomic E-state index is 12.4. The van der Waals surface area contributed by atoms with Crippen LogP contribution in [0.4, 0.5) is 0 Å². The fraction of sp³-hybridized carbons (Fsp3) is 0.956. The lowest BCUT2D eigenvalue weighted by atomic mass is 9.41. The number of aliphatic hydroxyl groups is 7. The molecule has 2 spiro atoms. The fourth-order valence-electron chi connectivity index (χ4n) is 15.5. The Labute approximate surface area is 358 Å². The highest BCUT2D eigenvalue weighted by Crippen LogP contribution is 2.89. The molecule has 0 aromatic carbocycles. The lowest BCUT2D eigenvalue weighted by molar-refractivity contribution is -0.339. The molecule has 21 atom stereocenters. The van der Waals surface area contributed by atoms with E-state index in [0.717, 1.165) is 32.1 Å². The van der Waals surface area contributed by atoms with E-state index in [2.05, 4.69) is 34.6 Å².